The number of rotatable bonds is 6. The molecule has 0 saturated heterocycles. The van der Waals surface area contributed by atoms with Crippen LogP contribution in [0.3, 0.4) is 0 Å². The maximum Gasteiger partial charge on any atom is 0.358 e. The standard InChI is InChI=1S/C9H15N5O3/c1-11-7(15)3-2-4-14-6(5-10)8(9(16)17)12-13-14/h2-5,10H2,1H3,(H,11,15)(H,16,17). The van der Waals surface area contributed by atoms with Crippen LogP contribution in [0.1, 0.15) is 29.0 Å². The van der Waals surface area contributed by atoms with Crippen LogP contribution >= 0.6 is 0 Å². The van der Waals surface area contributed by atoms with Crippen LogP contribution in [0.4, 0.5) is 0 Å². The topological polar surface area (TPSA) is 123 Å². The number of carbonyl (C=O) groups is 2. The third-order valence-electron chi connectivity index (χ3n) is 2.29. The summed E-state index contributed by atoms with van der Waals surface area (Å²) in [7, 11) is 1.56. The van der Waals surface area contributed by atoms with Gasteiger partial charge in [-0.3, -0.25) is 4.79 Å². The van der Waals surface area contributed by atoms with Gasteiger partial charge in [0.05, 0.1) is 5.69 Å². The van der Waals surface area contributed by atoms with E-state index in [4.69, 9.17) is 10.8 Å². The summed E-state index contributed by atoms with van der Waals surface area (Å²) in [6, 6.07) is 0. The van der Waals surface area contributed by atoms with E-state index in [0.717, 1.165) is 0 Å². The molecule has 1 amide bonds. The lowest BCUT2D eigenvalue weighted by molar-refractivity contribution is -0.120. The number of carboxylic acid groups (broad SMARTS) is 1. The minimum atomic E-state index is -1.15. The molecule has 0 atom stereocenters. The number of aromatic carboxylic acids is 1. The van der Waals surface area contributed by atoms with E-state index in [1.54, 1.807) is 7.05 Å². The first-order chi connectivity index (χ1) is 8.10. The van der Waals surface area contributed by atoms with Crippen molar-refractivity contribution in [1.82, 2.24) is 20.3 Å². The first-order valence-electron chi connectivity index (χ1n) is 5.16. The van der Waals surface area contributed by atoms with E-state index >= 15 is 0 Å². The number of hydrogen-bond donors (Lipinski definition) is 3. The summed E-state index contributed by atoms with van der Waals surface area (Å²) in [6.45, 7) is 0.467. The first-order valence-corrected chi connectivity index (χ1v) is 5.16. The van der Waals surface area contributed by atoms with Crippen molar-refractivity contribution in [3.63, 3.8) is 0 Å². The molecule has 0 radical (unpaired) electrons. The molecule has 1 rings (SSSR count). The number of nitrogens with two attached hydrogens (primary N) is 1. The van der Waals surface area contributed by atoms with Crippen LogP contribution in [-0.4, -0.2) is 39.0 Å². The van der Waals surface area contributed by atoms with Crippen molar-refractivity contribution in [2.24, 2.45) is 5.73 Å². The predicted molar refractivity (Wildman–Crippen MR) is 58.2 cm³/mol. The largest absolute Gasteiger partial charge is 0.476 e. The Morgan fingerprint density at radius 2 is 2.24 bits per heavy atom. The lowest BCUT2D eigenvalue weighted by Crippen LogP contribution is -2.18. The summed E-state index contributed by atoms with van der Waals surface area (Å²) in [5.74, 6) is -1.22. The molecular weight excluding hydrogens is 226 g/mol. The fourth-order valence-electron chi connectivity index (χ4n) is 1.39. The van der Waals surface area contributed by atoms with Crippen LogP contribution in [-0.2, 0) is 17.9 Å². The highest BCUT2D eigenvalue weighted by molar-refractivity contribution is 5.86. The van der Waals surface area contributed by atoms with Crippen molar-refractivity contribution in [1.29, 1.82) is 0 Å². The Kier molecular flexibility index (Phi) is 4.58. The second-order valence-corrected chi connectivity index (χ2v) is 3.39. The van der Waals surface area contributed by atoms with Crippen LogP contribution in [0.25, 0.3) is 0 Å². The summed E-state index contributed by atoms with van der Waals surface area (Å²) in [5.41, 5.74) is 5.69. The van der Waals surface area contributed by atoms with Gasteiger partial charge in [-0.25, -0.2) is 9.48 Å². The fraction of sp³-hybridized carbons (Fsp3) is 0.556. The number of aromatic nitrogens is 3. The quantitative estimate of drug-likeness (QED) is 0.584. The lowest BCUT2D eigenvalue weighted by atomic mass is 10.2. The van der Waals surface area contributed by atoms with E-state index in [1.807, 2.05) is 0 Å². The lowest BCUT2D eigenvalue weighted by Gasteiger charge is -2.04. The molecule has 1 heterocycles. The van der Waals surface area contributed by atoms with E-state index in [0.29, 0.717) is 25.1 Å². The predicted octanol–water partition coefficient (Wildman–Crippen LogP) is -1.04. The fourth-order valence-corrected chi connectivity index (χ4v) is 1.39. The van der Waals surface area contributed by atoms with Gasteiger partial charge in [-0.2, -0.15) is 0 Å². The molecule has 0 fully saturated rings. The summed E-state index contributed by atoms with van der Waals surface area (Å²) in [4.78, 5) is 21.8. The Labute approximate surface area is 97.8 Å². The Bertz CT molecular complexity index is 415. The van der Waals surface area contributed by atoms with E-state index in [-0.39, 0.29) is 18.1 Å². The molecule has 8 nitrogen and oxygen atoms in total. The zero-order chi connectivity index (χ0) is 12.8. The van der Waals surface area contributed by atoms with Gasteiger partial charge in [0.2, 0.25) is 5.91 Å². The van der Waals surface area contributed by atoms with Crippen molar-refractivity contribution in [3.8, 4) is 0 Å². The third kappa shape index (κ3) is 3.25. The van der Waals surface area contributed by atoms with Crippen molar-refractivity contribution in [3.05, 3.63) is 11.4 Å². The van der Waals surface area contributed by atoms with Gasteiger partial charge in [0, 0.05) is 26.6 Å². The molecule has 0 aromatic carbocycles. The van der Waals surface area contributed by atoms with Gasteiger partial charge < -0.3 is 16.2 Å². The van der Waals surface area contributed by atoms with Crippen LogP contribution in [0.5, 0.6) is 0 Å². The maximum atomic E-state index is 11.0. The Morgan fingerprint density at radius 1 is 1.53 bits per heavy atom. The normalized spacial score (nSPS) is 10.2. The van der Waals surface area contributed by atoms with Gasteiger partial charge in [0.15, 0.2) is 5.69 Å². The summed E-state index contributed by atoms with van der Waals surface area (Å²) >= 11 is 0. The molecule has 0 bridgehead atoms. The van der Waals surface area contributed by atoms with E-state index in [1.165, 1.54) is 4.68 Å². The highest BCUT2D eigenvalue weighted by Crippen LogP contribution is 2.06. The Morgan fingerprint density at radius 3 is 2.76 bits per heavy atom. The molecule has 1 aromatic heterocycles. The molecule has 1 aromatic rings. The molecule has 8 heteroatoms. The second-order valence-electron chi connectivity index (χ2n) is 3.39. The summed E-state index contributed by atoms with van der Waals surface area (Å²) in [6.07, 6.45) is 0.901. The van der Waals surface area contributed by atoms with Gasteiger partial charge >= 0.3 is 5.97 Å². The molecule has 0 unspecified atom stereocenters. The molecule has 0 spiro atoms. The Hall–Kier alpha value is -1.96. The smallest absolute Gasteiger partial charge is 0.358 e. The number of nitrogens with zero attached hydrogens (tertiary/aromatic N) is 3. The second kappa shape index (κ2) is 5.94. The third-order valence-corrected chi connectivity index (χ3v) is 2.29. The van der Waals surface area contributed by atoms with Crippen LogP contribution in [0, 0.1) is 0 Å². The Balaban J connectivity index is 2.65. The first kappa shape index (κ1) is 13.1. The van der Waals surface area contributed by atoms with E-state index in [2.05, 4.69) is 15.6 Å². The summed E-state index contributed by atoms with van der Waals surface area (Å²) in [5, 5.41) is 18.6. The number of amides is 1. The number of nitrogens with one attached hydrogen (secondary N) is 1. The summed E-state index contributed by atoms with van der Waals surface area (Å²) < 4.78 is 1.42. The zero-order valence-electron chi connectivity index (χ0n) is 9.51. The monoisotopic (exact) mass is 241 g/mol. The van der Waals surface area contributed by atoms with Crippen LogP contribution < -0.4 is 11.1 Å². The number of hydrogen-bond acceptors (Lipinski definition) is 5. The van der Waals surface area contributed by atoms with Gasteiger partial charge in [0.25, 0.3) is 0 Å². The minimum Gasteiger partial charge on any atom is -0.476 e. The number of aryl methyl sites for hydroxylation is 1. The molecule has 0 aliphatic rings. The molecule has 0 aliphatic heterocycles. The van der Waals surface area contributed by atoms with Crippen LogP contribution in [0.2, 0.25) is 0 Å². The molecule has 0 saturated carbocycles. The van der Waals surface area contributed by atoms with Crippen molar-refractivity contribution in [2.75, 3.05) is 7.05 Å². The molecule has 4 N–H and O–H groups in total. The SMILES string of the molecule is CNC(=O)CCCn1nnc(C(=O)O)c1CN. The van der Waals surface area contributed by atoms with Crippen molar-refractivity contribution >= 4 is 11.9 Å². The molecular formula is C9H15N5O3. The van der Waals surface area contributed by atoms with Crippen molar-refractivity contribution < 1.29 is 14.7 Å². The molecule has 17 heavy (non-hydrogen) atoms. The number of carbonyl (C=O) groups excluding carboxylic acids is 1. The molecule has 0 aliphatic carbocycles. The minimum absolute atomic E-state index is 0.0502. The maximum absolute atomic E-state index is 11.0. The van der Waals surface area contributed by atoms with Gasteiger partial charge in [-0.1, -0.05) is 5.21 Å². The van der Waals surface area contributed by atoms with E-state index < -0.39 is 5.97 Å². The van der Waals surface area contributed by atoms with Gasteiger partial charge in [0.1, 0.15) is 0 Å². The van der Waals surface area contributed by atoms with Crippen molar-refractivity contribution in [2.45, 2.75) is 25.9 Å². The molecule has 94 valence electrons. The number of carboxylic acids is 1. The average Bonchev–Trinajstić information content (AvgIpc) is 2.71. The van der Waals surface area contributed by atoms with Crippen LogP contribution in [0.15, 0.2) is 0 Å². The average molecular weight is 241 g/mol. The van der Waals surface area contributed by atoms with Gasteiger partial charge in [-0.15, -0.1) is 5.10 Å². The highest BCUT2D eigenvalue weighted by atomic mass is 16.4. The highest BCUT2D eigenvalue weighted by Gasteiger charge is 2.17. The van der Waals surface area contributed by atoms with Gasteiger partial charge in [-0.05, 0) is 6.42 Å². The van der Waals surface area contributed by atoms with E-state index in [9.17, 15) is 9.59 Å². The zero-order valence-corrected chi connectivity index (χ0v) is 9.51.